The molecule has 4 aromatic rings. The maximum Gasteiger partial charge on any atom is 0.269 e. The molecule has 168 valence electrons. The van der Waals surface area contributed by atoms with Crippen LogP contribution >= 0.6 is 15.9 Å². The van der Waals surface area contributed by atoms with Crippen LogP contribution in [0.15, 0.2) is 93.8 Å². The van der Waals surface area contributed by atoms with Gasteiger partial charge in [0.1, 0.15) is 28.6 Å². The number of carbonyl (C=O) groups is 1. The summed E-state index contributed by atoms with van der Waals surface area (Å²) in [6.07, 6.45) is 2.78. The van der Waals surface area contributed by atoms with Crippen molar-refractivity contribution in [2.45, 2.75) is 13.0 Å². The zero-order valence-electron chi connectivity index (χ0n) is 18.1. The quantitative estimate of drug-likeness (QED) is 0.287. The highest BCUT2D eigenvalue weighted by molar-refractivity contribution is 9.10. The van der Waals surface area contributed by atoms with Gasteiger partial charge in [-0.25, -0.2) is 0 Å². The molecule has 0 aliphatic rings. The number of nitrogens with one attached hydrogen (secondary N) is 1. The molecule has 2 aromatic carbocycles. The van der Waals surface area contributed by atoms with E-state index in [-0.39, 0.29) is 23.1 Å². The Morgan fingerprint density at radius 2 is 1.82 bits per heavy atom. The summed E-state index contributed by atoms with van der Waals surface area (Å²) in [6.45, 7) is 1.82. The number of benzene rings is 2. The number of fused-ring (bicyclic) bond motifs is 1. The number of aromatic nitrogens is 2. The van der Waals surface area contributed by atoms with Crippen molar-refractivity contribution >= 4 is 33.6 Å². The molecule has 1 N–H and O–H groups in total. The van der Waals surface area contributed by atoms with Crippen molar-refractivity contribution in [1.29, 1.82) is 5.26 Å². The third-order valence-electron chi connectivity index (χ3n) is 5.06. The van der Waals surface area contributed by atoms with E-state index >= 15 is 0 Å². The molecule has 4 rings (SSSR count). The Bertz CT molecular complexity index is 1470. The van der Waals surface area contributed by atoms with Crippen molar-refractivity contribution in [3.05, 3.63) is 111 Å². The Hall–Kier alpha value is -4.22. The third-order valence-corrected chi connectivity index (χ3v) is 5.59. The van der Waals surface area contributed by atoms with Crippen LogP contribution in [0.4, 0.5) is 0 Å². The summed E-state index contributed by atoms with van der Waals surface area (Å²) in [6, 6.07) is 23.1. The van der Waals surface area contributed by atoms with Gasteiger partial charge in [-0.15, -0.1) is 0 Å². The molecule has 7 nitrogen and oxygen atoms in total. The highest BCUT2D eigenvalue weighted by Gasteiger charge is 2.19. The number of rotatable bonds is 6. The van der Waals surface area contributed by atoms with E-state index in [9.17, 15) is 14.9 Å². The molecular weight excluding hydrogens is 496 g/mol. The van der Waals surface area contributed by atoms with E-state index in [2.05, 4.69) is 26.2 Å². The van der Waals surface area contributed by atoms with Crippen molar-refractivity contribution in [3.8, 4) is 17.7 Å². The second kappa shape index (κ2) is 10.1. The molecule has 34 heavy (non-hydrogen) atoms. The van der Waals surface area contributed by atoms with Crippen molar-refractivity contribution in [3.63, 3.8) is 0 Å². The first-order chi connectivity index (χ1) is 16.5. The van der Waals surface area contributed by atoms with Crippen LogP contribution in [-0.4, -0.2) is 15.3 Å². The van der Waals surface area contributed by atoms with Crippen LogP contribution in [-0.2, 0) is 4.79 Å². The lowest BCUT2D eigenvalue weighted by Gasteiger charge is -2.14. The molecule has 0 saturated carbocycles. The van der Waals surface area contributed by atoms with Crippen LogP contribution in [0.5, 0.6) is 11.6 Å². The number of nitrogens with zero attached hydrogens (tertiary/aromatic N) is 3. The summed E-state index contributed by atoms with van der Waals surface area (Å²) in [5, 5.41) is 12.5. The van der Waals surface area contributed by atoms with Gasteiger partial charge in [0.2, 0.25) is 5.88 Å². The number of ether oxygens (including phenoxy) is 1. The summed E-state index contributed by atoms with van der Waals surface area (Å²) in [5.74, 6) is -0.160. The standard InChI is InChI=1S/C26H19BrN4O3/c1-17(18-7-3-2-4-8-18)29-24(32)19(16-28)15-22-25(34-21-12-10-20(27)11-13-21)30-23-9-5-6-14-31(23)26(22)33/h2-15,17H,1H3,(H,29,32)/b19-15+/t17-/m1/s1. The predicted octanol–water partition coefficient (Wildman–Crippen LogP) is 5.03. The number of amides is 1. The van der Waals surface area contributed by atoms with E-state index in [0.29, 0.717) is 11.4 Å². The van der Waals surface area contributed by atoms with Gasteiger partial charge in [-0.1, -0.05) is 52.3 Å². The average Bonchev–Trinajstić information content (AvgIpc) is 2.86. The first-order valence-electron chi connectivity index (χ1n) is 10.4. The summed E-state index contributed by atoms with van der Waals surface area (Å²) < 4.78 is 8.09. The van der Waals surface area contributed by atoms with Crippen LogP contribution in [0.3, 0.4) is 0 Å². The Morgan fingerprint density at radius 3 is 2.53 bits per heavy atom. The molecule has 0 radical (unpaired) electrons. The van der Waals surface area contributed by atoms with Gasteiger partial charge in [-0.3, -0.25) is 14.0 Å². The lowest BCUT2D eigenvalue weighted by atomic mass is 10.1. The number of hydrogen-bond acceptors (Lipinski definition) is 5. The smallest absolute Gasteiger partial charge is 0.269 e. The number of carbonyl (C=O) groups excluding carboxylic acids is 1. The lowest BCUT2D eigenvalue weighted by Crippen LogP contribution is -2.28. The fourth-order valence-corrected chi connectivity index (χ4v) is 3.55. The summed E-state index contributed by atoms with van der Waals surface area (Å²) in [4.78, 5) is 30.6. The minimum atomic E-state index is -0.606. The summed E-state index contributed by atoms with van der Waals surface area (Å²) in [5.41, 5.74) is 0.551. The molecule has 0 spiro atoms. The van der Waals surface area contributed by atoms with Gasteiger partial charge in [0.15, 0.2) is 0 Å². The van der Waals surface area contributed by atoms with Crippen molar-refractivity contribution in [2.24, 2.45) is 0 Å². The van der Waals surface area contributed by atoms with Crippen LogP contribution in [0, 0.1) is 11.3 Å². The molecule has 1 atom stereocenters. The zero-order valence-corrected chi connectivity index (χ0v) is 19.7. The SMILES string of the molecule is C[C@@H](NC(=O)/C(C#N)=C/c1c(Oc2ccc(Br)cc2)nc2ccccn2c1=O)c1ccccc1. The van der Waals surface area contributed by atoms with Crippen molar-refractivity contribution in [1.82, 2.24) is 14.7 Å². The Balaban J connectivity index is 1.75. The molecule has 0 aliphatic carbocycles. The van der Waals surface area contributed by atoms with Gasteiger partial charge in [-0.05, 0) is 55.0 Å². The van der Waals surface area contributed by atoms with Gasteiger partial charge < -0.3 is 10.1 Å². The predicted molar refractivity (Wildman–Crippen MR) is 132 cm³/mol. The zero-order chi connectivity index (χ0) is 24.1. The fraction of sp³-hybridized carbons (Fsp3) is 0.0769. The molecule has 0 saturated heterocycles. The maximum atomic E-state index is 13.3. The number of pyridine rings is 1. The monoisotopic (exact) mass is 514 g/mol. The minimum Gasteiger partial charge on any atom is -0.438 e. The molecule has 0 bridgehead atoms. The van der Waals surface area contributed by atoms with Crippen LogP contribution in [0.1, 0.15) is 24.1 Å². The largest absolute Gasteiger partial charge is 0.438 e. The van der Waals surface area contributed by atoms with Crippen LogP contribution in [0.2, 0.25) is 0 Å². The lowest BCUT2D eigenvalue weighted by molar-refractivity contribution is -0.117. The topological polar surface area (TPSA) is 96.5 Å². The van der Waals surface area contributed by atoms with E-state index in [0.717, 1.165) is 10.0 Å². The highest BCUT2D eigenvalue weighted by Crippen LogP contribution is 2.25. The second-order valence-corrected chi connectivity index (χ2v) is 8.31. The second-order valence-electron chi connectivity index (χ2n) is 7.40. The molecule has 2 heterocycles. The van der Waals surface area contributed by atoms with Crippen molar-refractivity contribution in [2.75, 3.05) is 0 Å². The minimum absolute atomic E-state index is 0.00446. The van der Waals surface area contributed by atoms with Crippen molar-refractivity contribution < 1.29 is 9.53 Å². The number of nitriles is 1. The first-order valence-corrected chi connectivity index (χ1v) is 11.2. The molecule has 2 aromatic heterocycles. The van der Waals surface area contributed by atoms with Gasteiger partial charge >= 0.3 is 0 Å². The molecule has 0 unspecified atom stereocenters. The fourth-order valence-electron chi connectivity index (χ4n) is 3.29. The van der Waals surface area contributed by atoms with E-state index in [1.165, 1.54) is 10.5 Å². The first kappa shape index (κ1) is 23.0. The van der Waals surface area contributed by atoms with Gasteiger partial charge in [0, 0.05) is 10.7 Å². The third kappa shape index (κ3) is 5.05. The summed E-state index contributed by atoms with van der Waals surface area (Å²) >= 11 is 3.37. The van der Waals surface area contributed by atoms with Gasteiger partial charge in [0.05, 0.1) is 6.04 Å². The van der Waals surface area contributed by atoms with Crippen LogP contribution < -0.4 is 15.6 Å². The normalized spacial score (nSPS) is 12.1. The maximum absolute atomic E-state index is 13.3. The highest BCUT2D eigenvalue weighted by atomic mass is 79.9. The van der Waals surface area contributed by atoms with Gasteiger partial charge in [-0.2, -0.15) is 10.2 Å². The van der Waals surface area contributed by atoms with E-state index < -0.39 is 11.5 Å². The number of hydrogen-bond donors (Lipinski definition) is 1. The van der Waals surface area contributed by atoms with Crippen LogP contribution in [0.25, 0.3) is 11.7 Å². The summed E-state index contributed by atoms with van der Waals surface area (Å²) in [7, 11) is 0. The molecular formula is C26H19BrN4O3. The number of halogens is 1. The molecule has 8 heteroatoms. The van der Waals surface area contributed by atoms with E-state index in [1.807, 2.05) is 43.3 Å². The average molecular weight is 515 g/mol. The molecule has 0 fully saturated rings. The van der Waals surface area contributed by atoms with Gasteiger partial charge in [0.25, 0.3) is 11.5 Å². The molecule has 1 amide bonds. The Labute approximate surface area is 204 Å². The van der Waals surface area contributed by atoms with E-state index in [4.69, 9.17) is 4.74 Å². The van der Waals surface area contributed by atoms with E-state index in [1.54, 1.807) is 48.7 Å². The Morgan fingerprint density at radius 1 is 1.12 bits per heavy atom. The Kier molecular flexibility index (Phi) is 6.85. The molecule has 0 aliphatic heterocycles.